The smallest absolute Gasteiger partial charge is 0.338 e. The van der Waals surface area contributed by atoms with E-state index in [0.29, 0.717) is 21.2 Å². The van der Waals surface area contributed by atoms with Crippen LogP contribution in [0.15, 0.2) is 36.7 Å². The number of aromatic nitrogens is 1. The van der Waals surface area contributed by atoms with Crippen LogP contribution in [0.25, 0.3) is 11.1 Å². The van der Waals surface area contributed by atoms with Crippen molar-refractivity contribution in [3.8, 4) is 11.1 Å². The van der Waals surface area contributed by atoms with Crippen LogP contribution in [0, 0.1) is 0 Å². The van der Waals surface area contributed by atoms with Crippen LogP contribution in [0.2, 0.25) is 10.0 Å². The lowest BCUT2D eigenvalue weighted by Gasteiger charge is -2.08. The van der Waals surface area contributed by atoms with Gasteiger partial charge < -0.3 is 4.74 Å². The molecule has 0 saturated carbocycles. The molecule has 0 saturated heterocycles. The summed E-state index contributed by atoms with van der Waals surface area (Å²) < 4.78 is 4.73. The molecular weight excluding hydrogens is 273 g/mol. The molecule has 92 valence electrons. The third-order valence-corrected chi connectivity index (χ3v) is 3.20. The van der Waals surface area contributed by atoms with Crippen molar-refractivity contribution in [2.24, 2.45) is 0 Å². The number of esters is 1. The summed E-state index contributed by atoms with van der Waals surface area (Å²) in [6.07, 6.45) is 3.12. The number of hydrogen-bond acceptors (Lipinski definition) is 3. The van der Waals surface area contributed by atoms with Gasteiger partial charge in [-0.15, -0.1) is 0 Å². The Morgan fingerprint density at radius 2 is 2.00 bits per heavy atom. The molecule has 0 spiro atoms. The Hall–Kier alpha value is -1.58. The van der Waals surface area contributed by atoms with Crippen molar-refractivity contribution in [2.75, 3.05) is 7.11 Å². The second-order valence-electron chi connectivity index (χ2n) is 3.54. The maximum absolute atomic E-state index is 11.7. The number of carbonyl (C=O) groups is 1. The molecule has 0 N–H and O–H groups in total. The van der Waals surface area contributed by atoms with Gasteiger partial charge in [0.25, 0.3) is 0 Å². The summed E-state index contributed by atoms with van der Waals surface area (Å²) in [7, 11) is 1.33. The molecule has 0 fully saturated rings. The fourth-order valence-electron chi connectivity index (χ4n) is 1.58. The average molecular weight is 282 g/mol. The van der Waals surface area contributed by atoms with Gasteiger partial charge in [-0.2, -0.15) is 0 Å². The Kier molecular flexibility index (Phi) is 3.84. The van der Waals surface area contributed by atoms with Gasteiger partial charge >= 0.3 is 5.97 Å². The molecule has 2 rings (SSSR count). The highest BCUT2D eigenvalue weighted by atomic mass is 35.5. The number of hydrogen-bond donors (Lipinski definition) is 0. The van der Waals surface area contributed by atoms with E-state index in [-0.39, 0.29) is 0 Å². The van der Waals surface area contributed by atoms with Gasteiger partial charge in [-0.05, 0) is 23.8 Å². The molecule has 3 nitrogen and oxygen atoms in total. The number of nitrogens with zero attached hydrogens (tertiary/aromatic N) is 1. The summed E-state index contributed by atoms with van der Waals surface area (Å²) in [5, 5.41) is 0.887. The second-order valence-corrected chi connectivity index (χ2v) is 4.36. The van der Waals surface area contributed by atoms with Crippen molar-refractivity contribution in [2.45, 2.75) is 0 Å². The zero-order valence-electron chi connectivity index (χ0n) is 9.48. The maximum Gasteiger partial charge on any atom is 0.338 e. The maximum atomic E-state index is 11.7. The molecule has 18 heavy (non-hydrogen) atoms. The summed E-state index contributed by atoms with van der Waals surface area (Å²) >= 11 is 11.8. The van der Waals surface area contributed by atoms with E-state index in [4.69, 9.17) is 27.9 Å². The van der Waals surface area contributed by atoms with Crippen molar-refractivity contribution in [1.82, 2.24) is 4.98 Å². The summed E-state index contributed by atoms with van der Waals surface area (Å²) in [5.41, 5.74) is 1.85. The molecule has 0 bridgehead atoms. The predicted molar refractivity (Wildman–Crippen MR) is 71.0 cm³/mol. The van der Waals surface area contributed by atoms with Crippen molar-refractivity contribution in [3.05, 3.63) is 52.3 Å². The lowest BCUT2D eigenvalue weighted by Crippen LogP contribution is -2.03. The van der Waals surface area contributed by atoms with E-state index in [0.717, 1.165) is 5.56 Å². The largest absolute Gasteiger partial charge is 0.465 e. The summed E-state index contributed by atoms with van der Waals surface area (Å²) in [6.45, 7) is 0. The average Bonchev–Trinajstić information content (AvgIpc) is 2.41. The second kappa shape index (κ2) is 5.38. The van der Waals surface area contributed by atoms with E-state index in [1.165, 1.54) is 13.3 Å². The Morgan fingerprint density at radius 1 is 1.22 bits per heavy atom. The van der Waals surface area contributed by atoms with Crippen LogP contribution in [-0.2, 0) is 4.74 Å². The van der Waals surface area contributed by atoms with E-state index in [1.807, 2.05) is 0 Å². The van der Waals surface area contributed by atoms with Crippen LogP contribution in [0.4, 0.5) is 0 Å². The molecule has 0 radical (unpaired) electrons. The highest BCUT2D eigenvalue weighted by Gasteiger charge is 2.13. The summed E-state index contributed by atoms with van der Waals surface area (Å²) in [6, 6.07) is 6.74. The monoisotopic (exact) mass is 281 g/mol. The number of halogens is 2. The first kappa shape index (κ1) is 12.9. The first-order valence-corrected chi connectivity index (χ1v) is 5.87. The van der Waals surface area contributed by atoms with Crippen LogP contribution in [-0.4, -0.2) is 18.1 Å². The number of benzene rings is 1. The molecule has 0 amide bonds. The van der Waals surface area contributed by atoms with Crippen LogP contribution in [0.5, 0.6) is 0 Å². The van der Waals surface area contributed by atoms with Crippen LogP contribution >= 0.6 is 23.2 Å². The molecule has 0 aliphatic heterocycles. The Morgan fingerprint density at radius 3 is 2.67 bits per heavy atom. The van der Waals surface area contributed by atoms with Gasteiger partial charge in [0, 0.05) is 18.0 Å². The number of carbonyl (C=O) groups excluding carboxylic acids is 1. The summed E-state index contributed by atoms with van der Waals surface area (Å²) in [4.78, 5) is 15.7. The molecule has 2 aromatic rings. The molecule has 1 aromatic heterocycles. The SMILES string of the molecule is COC(=O)c1ccncc1-c1ccc(Cl)c(Cl)c1. The topological polar surface area (TPSA) is 39.2 Å². The zero-order valence-corrected chi connectivity index (χ0v) is 11.0. The van der Waals surface area contributed by atoms with Gasteiger partial charge in [0.2, 0.25) is 0 Å². The molecule has 0 aliphatic carbocycles. The van der Waals surface area contributed by atoms with Gasteiger partial charge in [0.1, 0.15) is 0 Å². The quantitative estimate of drug-likeness (QED) is 0.785. The minimum Gasteiger partial charge on any atom is -0.465 e. The number of ether oxygens (including phenoxy) is 1. The van der Waals surface area contributed by atoms with Crippen molar-refractivity contribution in [1.29, 1.82) is 0 Å². The molecule has 0 unspecified atom stereocenters. The van der Waals surface area contributed by atoms with E-state index >= 15 is 0 Å². The molecule has 1 aromatic carbocycles. The highest BCUT2D eigenvalue weighted by Crippen LogP contribution is 2.30. The van der Waals surface area contributed by atoms with Gasteiger partial charge in [-0.25, -0.2) is 4.79 Å². The van der Waals surface area contributed by atoms with E-state index in [2.05, 4.69) is 4.98 Å². The van der Waals surface area contributed by atoms with Gasteiger partial charge in [-0.3, -0.25) is 4.98 Å². The first-order chi connectivity index (χ1) is 8.63. The van der Waals surface area contributed by atoms with Crippen molar-refractivity contribution in [3.63, 3.8) is 0 Å². The third kappa shape index (κ3) is 2.47. The Balaban J connectivity index is 2.56. The standard InChI is InChI=1S/C13H9Cl2NO2/c1-18-13(17)9-4-5-16-7-10(9)8-2-3-11(14)12(15)6-8/h2-7H,1H3. The van der Waals surface area contributed by atoms with Crippen LogP contribution in [0.3, 0.4) is 0 Å². The van der Waals surface area contributed by atoms with Crippen LogP contribution in [0.1, 0.15) is 10.4 Å². The van der Waals surface area contributed by atoms with E-state index in [9.17, 15) is 4.79 Å². The van der Waals surface area contributed by atoms with E-state index in [1.54, 1.807) is 30.5 Å². The number of pyridine rings is 1. The van der Waals surface area contributed by atoms with E-state index < -0.39 is 5.97 Å². The zero-order chi connectivity index (χ0) is 13.1. The van der Waals surface area contributed by atoms with Gasteiger partial charge in [0.15, 0.2) is 0 Å². The predicted octanol–water partition coefficient (Wildman–Crippen LogP) is 3.84. The van der Waals surface area contributed by atoms with Gasteiger partial charge in [-0.1, -0.05) is 29.3 Å². The molecule has 0 aliphatic rings. The summed E-state index contributed by atoms with van der Waals surface area (Å²) in [5.74, 6) is -0.418. The lowest BCUT2D eigenvalue weighted by molar-refractivity contribution is 0.0601. The Bertz CT molecular complexity index is 599. The molecule has 5 heteroatoms. The minimum atomic E-state index is -0.418. The van der Waals surface area contributed by atoms with Crippen molar-refractivity contribution < 1.29 is 9.53 Å². The normalized spacial score (nSPS) is 10.2. The van der Waals surface area contributed by atoms with Gasteiger partial charge in [0.05, 0.1) is 22.7 Å². The highest BCUT2D eigenvalue weighted by molar-refractivity contribution is 6.42. The fourth-order valence-corrected chi connectivity index (χ4v) is 1.87. The molecule has 0 atom stereocenters. The number of rotatable bonds is 2. The lowest BCUT2D eigenvalue weighted by atomic mass is 10.0. The minimum absolute atomic E-state index is 0.418. The Labute approximate surface area is 114 Å². The molecule has 1 heterocycles. The fraction of sp³-hybridized carbons (Fsp3) is 0.0769. The van der Waals surface area contributed by atoms with Crippen LogP contribution < -0.4 is 0 Å². The number of methoxy groups -OCH3 is 1. The third-order valence-electron chi connectivity index (χ3n) is 2.46. The first-order valence-electron chi connectivity index (χ1n) is 5.11. The molecular formula is C13H9Cl2NO2. The van der Waals surface area contributed by atoms with Crippen molar-refractivity contribution >= 4 is 29.2 Å².